The molecule has 0 spiro atoms. The minimum atomic E-state index is -0.0684. The van der Waals surface area contributed by atoms with Crippen LogP contribution in [0.25, 0.3) is 0 Å². The molecule has 110 valence electrons. The SMILES string of the molecule is CC1CC(NC(=O)c2ccc(N(C)C)c(N)c2)CCO1. The first-order valence-corrected chi connectivity index (χ1v) is 6.96. The predicted octanol–water partition coefficient (Wildman–Crippen LogP) is 1.63. The van der Waals surface area contributed by atoms with E-state index in [1.807, 2.05) is 38.1 Å². The third-order valence-corrected chi connectivity index (χ3v) is 3.59. The average Bonchev–Trinajstić information content (AvgIpc) is 2.38. The minimum Gasteiger partial charge on any atom is -0.397 e. The second-order valence-corrected chi connectivity index (χ2v) is 5.54. The van der Waals surface area contributed by atoms with E-state index in [2.05, 4.69) is 5.32 Å². The number of nitrogens with one attached hydrogen (secondary N) is 1. The molecule has 20 heavy (non-hydrogen) atoms. The second-order valence-electron chi connectivity index (χ2n) is 5.54. The lowest BCUT2D eigenvalue weighted by atomic mass is 10.0. The van der Waals surface area contributed by atoms with Crippen LogP contribution in [0.5, 0.6) is 0 Å². The van der Waals surface area contributed by atoms with E-state index in [-0.39, 0.29) is 18.1 Å². The zero-order valence-corrected chi connectivity index (χ0v) is 12.3. The van der Waals surface area contributed by atoms with Gasteiger partial charge in [0.05, 0.1) is 17.5 Å². The molecule has 1 aliphatic rings. The number of ether oxygens (including phenoxy) is 1. The Balaban J connectivity index is 2.04. The van der Waals surface area contributed by atoms with Crippen molar-refractivity contribution < 1.29 is 9.53 Å². The maximum absolute atomic E-state index is 12.2. The molecule has 1 aromatic rings. The van der Waals surface area contributed by atoms with E-state index in [1.165, 1.54) is 0 Å². The van der Waals surface area contributed by atoms with E-state index < -0.39 is 0 Å². The van der Waals surface area contributed by atoms with Crippen LogP contribution in [0.1, 0.15) is 30.1 Å². The fourth-order valence-corrected chi connectivity index (χ4v) is 2.50. The molecule has 2 rings (SSSR count). The molecule has 5 heteroatoms. The van der Waals surface area contributed by atoms with E-state index in [9.17, 15) is 4.79 Å². The summed E-state index contributed by atoms with van der Waals surface area (Å²) in [7, 11) is 3.85. The van der Waals surface area contributed by atoms with Gasteiger partial charge in [0.2, 0.25) is 0 Å². The molecule has 1 aromatic carbocycles. The van der Waals surface area contributed by atoms with Gasteiger partial charge < -0.3 is 20.7 Å². The van der Waals surface area contributed by atoms with Crippen molar-refractivity contribution in [2.24, 2.45) is 0 Å². The molecule has 0 saturated carbocycles. The fraction of sp³-hybridized carbons (Fsp3) is 0.533. The van der Waals surface area contributed by atoms with Crippen molar-refractivity contribution in [1.29, 1.82) is 0 Å². The van der Waals surface area contributed by atoms with Gasteiger partial charge in [0.25, 0.3) is 5.91 Å². The van der Waals surface area contributed by atoms with Crippen LogP contribution in [0, 0.1) is 0 Å². The second kappa shape index (κ2) is 6.13. The number of carbonyl (C=O) groups excluding carboxylic acids is 1. The van der Waals surface area contributed by atoms with Crippen LogP contribution in [-0.4, -0.2) is 38.8 Å². The molecule has 2 unspecified atom stereocenters. The Bertz CT molecular complexity index is 488. The Morgan fingerprint density at radius 1 is 1.45 bits per heavy atom. The lowest BCUT2D eigenvalue weighted by molar-refractivity contribution is 0.0136. The largest absolute Gasteiger partial charge is 0.397 e. The highest BCUT2D eigenvalue weighted by Crippen LogP contribution is 2.22. The van der Waals surface area contributed by atoms with Gasteiger partial charge in [-0.3, -0.25) is 4.79 Å². The van der Waals surface area contributed by atoms with Gasteiger partial charge in [-0.15, -0.1) is 0 Å². The van der Waals surface area contributed by atoms with Gasteiger partial charge in [0.15, 0.2) is 0 Å². The summed E-state index contributed by atoms with van der Waals surface area (Å²) in [6.45, 7) is 2.73. The third-order valence-electron chi connectivity index (χ3n) is 3.59. The summed E-state index contributed by atoms with van der Waals surface area (Å²) in [5.41, 5.74) is 8.11. The van der Waals surface area contributed by atoms with Crippen molar-refractivity contribution in [2.75, 3.05) is 31.3 Å². The molecular weight excluding hydrogens is 254 g/mol. The van der Waals surface area contributed by atoms with Crippen LogP contribution >= 0.6 is 0 Å². The van der Waals surface area contributed by atoms with Crippen LogP contribution in [0.3, 0.4) is 0 Å². The van der Waals surface area contributed by atoms with Crippen LogP contribution in [-0.2, 0) is 4.74 Å². The number of nitrogens with two attached hydrogens (primary N) is 1. The molecule has 2 atom stereocenters. The monoisotopic (exact) mass is 277 g/mol. The first-order valence-electron chi connectivity index (χ1n) is 6.96. The van der Waals surface area contributed by atoms with Gasteiger partial charge in [0.1, 0.15) is 0 Å². The maximum Gasteiger partial charge on any atom is 0.251 e. The third kappa shape index (κ3) is 3.42. The van der Waals surface area contributed by atoms with Crippen molar-refractivity contribution in [3.05, 3.63) is 23.8 Å². The lowest BCUT2D eigenvalue weighted by Gasteiger charge is -2.28. The molecule has 1 fully saturated rings. The molecule has 1 amide bonds. The van der Waals surface area contributed by atoms with Gasteiger partial charge >= 0.3 is 0 Å². The van der Waals surface area contributed by atoms with Crippen molar-refractivity contribution >= 4 is 17.3 Å². The Morgan fingerprint density at radius 3 is 2.80 bits per heavy atom. The number of nitrogens with zero attached hydrogens (tertiary/aromatic N) is 1. The molecule has 1 saturated heterocycles. The summed E-state index contributed by atoms with van der Waals surface area (Å²) in [4.78, 5) is 14.2. The topological polar surface area (TPSA) is 67.6 Å². The Kier molecular flexibility index (Phi) is 4.49. The summed E-state index contributed by atoms with van der Waals surface area (Å²) in [6.07, 6.45) is 1.92. The molecule has 1 heterocycles. The Labute approximate surface area is 120 Å². The quantitative estimate of drug-likeness (QED) is 0.824. The highest BCUT2D eigenvalue weighted by Gasteiger charge is 2.21. The number of hydrogen-bond donors (Lipinski definition) is 2. The van der Waals surface area contributed by atoms with Crippen molar-refractivity contribution in [3.8, 4) is 0 Å². The lowest BCUT2D eigenvalue weighted by Crippen LogP contribution is -2.41. The van der Waals surface area contributed by atoms with Gasteiger partial charge in [-0.05, 0) is 38.0 Å². The minimum absolute atomic E-state index is 0.0684. The highest BCUT2D eigenvalue weighted by molar-refractivity contribution is 5.96. The summed E-state index contributed by atoms with van der Waals surface area (Å²) in [5.74, 6) is -0.0684. The smallest absolute Gasteiger partial charge is 0.251 e. The highest BCUT2D eigenvalue weighted by atomic mass is 16.5. The summed E-state index contributed by atoms with van der Waals surface area (Å²) in [5, 5.41) is 3.05. The fourth-order valence-electron chi connectivity index (χ4n) is 2.50. The van der Waals surface area contributed by atoms with E-state index in [1.54, 1.807) is 6.07 Å². The molecule has 5 nitrogen and oxygen atoms in total. The molecule has 3 N–H and O–H groups in total. The zero-order valence-electron chi connectivity index (χ0n) is 12.3. The van der Waals surface area contributed by atoms with E-state index >= 15 is 0 Å². The number of nitrogen functional groups attached to an aromatic ring is 1. The number of anilines is 2. The molecule has 0 aliphatic carbocycles. The first-order chi connectivity index (χ1) is 9.47. The number of benzene rings is 1. The summed E-state index contributed by atoms with van der Waals surface area (Å²) >= 11 is 0. The number of carbonyl (C=O) groups is 1. The number of hydrogen-bond acceptors (Lipinski definition) is 4. The standard InChI is InChI=1S/C15H23N3O2/c1-10-8-12(6-7-20-10)17-15(19)11-4-5-14(18(2)3)13(16)9-11/h4-5,9-10,12H,6-8,16H2,1-3H3,(H,17,19). The predicted molar refractivity (Wildman–Crippen MR) is 81.1 cm³/mol. The van der Waals surface area contributed by atoms with Crippen LogP contribution in [0.15, 0.2) is 18.2 Å². The summed E-state index contributed by atoms with van der Waals surface area (Å²) < 4.78 is 5.48. The average molecular weight is 277 g/mol. The number of rotatable bonds is 3. The van der Waals surface area contributed by atoms with Gasteiger partial charge in [-0.25, -0.2) is 0 Å². The van der Waals surface area contributed by atoms with E-state index in [4.69, 9.17) is 10.5 Å². The molecule has 1 aliphatic heterocycles. The molecule has 0 bridgehead atoms. The molecule has 0 aromatic heterocycles. The Morgan fingerprint density at radius 2 is 2.20 bits per heavy atom. The van der Waals surface area contributed by atoms with Crippen LogP contribution in [0.4, 0.5) is 11.4 Å². The van der Waals surface area contributed by atoms with Crippen LogP contribution in [0.2, 0.25) is 0 Å². The van der Waals surface area contributed by atoms with E-state index in [0.29, 0.717) is 17.9 Å². The van der Waals surface area contributed by atoms with Gasteiger partial charge in [-0.1, -0.05) is 0 Å². The van der Waals surface area contributed by atoms with Crippen LogP contribution < -0.4 is 16.0 Å². The normalized spacial score (nSPS) is 22.4. The van der Waals surface area contributed by atoms with E-state index in [0.717, 1.165) is 18.5 Å². The van der Waals surface area contributed by atoms with Crippen molar-refractivity contribution in [3.63, 3.8) is 0 Å². The summed E-state index contributed by atoms with van der Waals surface area (Å²) in [6, 6.07) is 5.59. The zero-order chi connectivity index (χ0) is 14.7. The van der Waals surface area contributed by atoms with Gasteiger partial charge in [-0.2, -0.15) is 0 Å². The molecule has 0 radical (unpaired) electrons. The van der Waals surface area contributed by atoms with Crippen molar-refractivity contribution in [2.45, 2.75) is 31.9 Å². The van der Waals surface area contributed by atoms with Crippen molar-refractivity contribution in [1.82, 2.24) is 5.32 Å². The Hall–Kier alpha value is -1.75. The maximum atomic E-state index is 12.2. The number of amides is 1. The first kappa shape index (κ1) is 14.7. The molecular formula is C15H23N3O2. The van der Waals surface area contributed by atoms with Gasteiger partial charge in [0, 0.05) is 32.3 Å².